The van der Waals surface area contributed by atoms with Crippen LogP contribution in [0.25, 0.3) is 0 Å². The molecule has 0 saturated heterocycles. The maximum atomic E-state index is 5.39. The van der Waals surface area contributed by atoms with Crippen LogP contribution in [-0.4, -0.2) is 20.2 Å². The highest BCUT2D eigenvalue weighted by atomic mass is 32.2. The predicted molar refractivity (Wildman–Crippen MR) is 61.0 cm³/mol. The van der Waals surface area contributed by atoms with E-state index in [4.69, 9.17) is 4.43 Å². The van der Waals surface area contributed by atoms with Crippen molar-refractivity contribution >= 4 is 20.1 Å². The van der Waals surface area contributed by atoms with Crippen LogP contribution in [0.2, 0.25) is 13.1 Å². The Hall–Kier alpha value is 0.267. The second-order valence-corrected chi connectivity index (χ2v) is 10.0. The van der Waals surface area contributed by atoms with Gasteiger partial charge in [0.15, 0.2) is 0 Å². The minimum atomic E-state index is -1.48. The van der Waals surface area contributed by atoms with E-state index in [9.17, 15) is 0 Å². The maximum Gasteiger partial charge on any atom is 0.211 e. The summed E-state index contributed by atoms with van der Waals surface area (Å²) in [5, 5.41) is 2.18. The minimum Gasteiger partial charge on any atom is -0.417 e. The molecule has 0 rings (SSSR count). The Bertz CT molecular complexity index is 158. The molecule has 12 heavy (non-hydrogen) atoms. The van der Waals surface area contributed by atoms with Crippen molar-refractivity contribution in [1.82, 2.24) is 0 Å². The summed E-state index contributed by atoms with van der Waals surface area (Å²) in [4.78, 5) is 0. The van der Waals surface area contributed by atoms with Crippen molar-refractivity contribution in [3.63, 3.8) is 0 Å². The van der Waals surface area contributed by atoms with Crippen LogP contribution in [-0.2, 0) is 4.43 Å². The van der Waals surface area contributed by atoms with E-state index in [1.165, 1.54) is 0 Å². The topological polar surface area (TPSA) is 9.23 Å². The van der Waals surface area contributed by atoms with Crippen LogP contribution in [0.5, 0.6) is 0 Å². The first-order valence-electron chi connectivity index (χ1n) is 4.17. The van der Waals surface area contributed by atoms with Crippen LogP contribution < -0.4 is 0 Å². The van der Waals surface area contributed by atoms with Gasteiger partial charge in [0, 0.05) is 11.9 Å². The molecular weight excluding hydrogens is 184 g/mol. The molecule has 0 heterocycles. The molecule has 0 saturated carbocycles. The van der Waals surface area contributed by atoms with Gasteiger partial charge in [-0.3, -0.25) is 0 Å². The van der Waals surface area contributed by atoms with E-state index in [2.05, 4.69) is 45.0 Å². The highest BCUT2D eigenvalue weighted by Crippen LogP contribution is 2.24. The lowest BCUT2D eigenvalue weighted by Gasteiger charge is -2.17. The van der Waals surface area contributed by atoms with Gasteiger partial charge in [-0.25, -0.2) is 0 Å². The molecule has 0 fully saturated rings. The standard InChI is InChI=1S/C9H20OSSi/c1-9(2,3)11-7-8-12(5,6)10-4/h7-8H,1-6H3/b8-7+. The second kappa shape index (κ2) is 4.49. The third kappa shape index (κ3) is 6.95. The highest BCUT2D eigenvalue weighted by molar-refractivity contribution is 8.03. The van der Waals surface area contributed by atoms with Crippen LogP contribution in [0.15, 0.2) is 11.1 Å². The fourth-order valence-corrected chi connectivity index (χ4v) is 2.60. The first-order chi connectivity index (χ1) is 5.27. The first kappa shape index (κ1) is 12.3. The van der Waals surface area contributed by atoms with Gasteiger partial charge in [-0.15, -0.1) is 11.8 Å². The van der Waals surface area contributed by atoms with E-state index in [-0.39, 0.29) is 0 Å². The molecule has 0 aromatic carbocycles. The van der Waals surface area contributed by atoms with Crippen LogP contribution >= 0.6 is 11.8 Å². The molecule has 0 aromatic heterocycles. The monoisotopic (exact) mass is 204 g/mol. The quantitative estimate of drug-likeness (QED) is 0.652. The molecule has 0 amide bonds. The molecular formula is C9H20OSSi. The SMILES string of the molecule is CO[Si](C)(C)/C=C/SC(C)(C)C. The zero-order valence-electron chi connectivity index (χ0n) is 8.97. The highest BCUT2D eigenvalue weighted by Gasteiger charge is 2.16. The normalized spacial score (nSPS) is 14.2. The van der Waals surface area contributed by atoms with Crippen molar-refractivity contribution in [2.45, 2.75) is 38.6 Å². The van der Waals surface area contributed by atoms with Crippen LogP contribution in [0.1, 0.15) is 20.8 Å². The maximum absolute atomic E-state index is 5.39. The summed E-state index contributed by atoms with van der Waals surface area (Å²) in [5.41, 5.74) is 2.23. The lowest BCUT2D eigenvalue weighted by Crippen LogP contribution is -2.25. The zero-order chi connectivity index (χ0) is 9.83. The summed E-state index contributed by atoms with van der Waals surface area (Å²) >= 11 is 1.85. The molecule has 0 atom stereocenters. The third-order valence-electron chi connectivity index (χ3n) is 1.42. The Balaban J connectivity index is 3.92. The van der Waals surface area contributed by atoms with Crippen molar-refractivity contribution in [2.24, 2.45) is 0 Å². The molecule has 72 valence electrons. The first-order valence-corrected chi connectivity index (χ1v) is 8.04. The summed E-state index contributed by atoms with van der Waals surface area (Å²) in [7, 11) is 0.312. The molecule has 0 aliphatic heterocycles. The van der Waals surface area contributed by atoms with Crippen LogP contribution in [0.4, 0.5) is 0 Å². The van der Waals surface area contributed by atoms with Crippen molar-refractivity contribution in [2.75, 3.05) is 7.11 Å². The van der Waals surface area contributed by atoms with Gasteiger partial charge < -0.3 is 4.43 Å². The lowest BCUT2D eigenvalue weighted by molar-refractivity contribution is 0.415. The number of hydrogen-bond donors (Lipinski definition) is 0. The van der Waals surface area contributed by atoms with Crippen molar-refractivity contribution in [3.05, 3.63) is 11.1 Å². The molecule has 0 unspecified atom stereocenters. The van der Waals surface area contributed by atoms with Crippen molar-refractivity contribution in [1.29, 1.82) is 0 Å². The Morgan fingerprint density at radius 1 is 1.25 bits per heavy atom. The van der Waals surface area contributed by atoms with Crippen molar-refractivity contribution < 1.29 is 4.43 Å². The summed E-state index contributed by atoms with van der Waals surface area (Å²) in [6.07, 6.45) is 0. The van der Waals surface area contributed by atoms with Gasteiger partial charge in [0.2, 0.25) is 8.32 Å². The number of thioether (sulfide) groups is 1. The Labute approximate surface area is 81.7 Å². The summed E-state index contributed by atoms with van der Waals surface area (Å²) in [6.45, 7) is 11.0. The lowest BCUT2D eigenvalue weighted by atomic mass is 10.3. The molecule has 0 bridgehead atoms. The molecule has 0 N–H and O–H groups in total. The van der Waals surface area contributed by atoms with Gasteiger partial charge in [-0.05, 0) is 18.5 Å². The van der Waals surface area contributed by atoms with Gasteiger partial charge in [-0.2, -0.15) is 0 Å². The fourth-order valence-electron chi connectivity index (χ4n) is 0.470. The Morgan fingerprint density at radius 3 is 2.08 bits per heavy atom. The molecule has 0 aromatic rings. The van der Waals surface area contributed by atoms with Gasteiger partial charge in [0.1, 0.15) is 0 Å². The largest absolute Gasteiger partial charge is 0.417 e. The number of hydrogen-bond acceptors (Lipinski definition) is 2. The van der Waals surface area contributed by atoms with E-state index in [1.807, 2.05) is 11.8 Å². The smallest absolute Gasteiger partial charge is 0.211 e. The Kier molecular flexibility index (Phi) is 4.59. The summed E-state index contributed by atoms with van der Waals surface area (Å²) in [6, 6.07) is 0. The van der Waals surface area contributed by atoms with Gasteiger partial charge in [0.25, 0.3) is 0 Å². The molecule has 0 spiro atoms. The summed E-state index contributed by atoms with van der Waals surface area (Å²) < 4.78 is 5.71. The van der Waals surface area contributed by atoms with Gasteiger partial charge in [-0.1, -0.05) is 26.5 Å². The second-order valence-electron chi connectivity index (χ2n) is 4.34. The average Bonchev–Trinajstić information content (AvgIpc) is 1.84. The van der Waals surface area contributed by atoms with E-state index < -0.39 is 8.32 Å². The van der Waals surface area contributed by atoms with Crippen molar-refractivity contribution in [3.8, 4) is 0 Å². The fraction of sp³-hybridized carbons (Fsp3) is 0.778. The third-order valence-corrected chi connectivity index (χ3v) is 4.66. The van der Waals surface area contributed by atoms with Crippen LogP contribution in [0, 0.1) is 0 Å². The van der Waals surface area contributed by atoms with E-state index in [1.54, 1.807) is 7.11 Å². The molecule has 1 nitrogen and oxygen atoms in total. The van der Waals surface area contributed by atoms with E-state index in [0.717, 1.165) is 0 Å². The van der Waals surface area contributed by atoms with Crippen LogP contribution in [0.3, 0.4) is 0 Å². The van der Waals surface area contributed by atoms with Gasteiger partial charge >= 0.3 is 0 Å². The average molecular weight is 204 g/mol. The molecule has 0 aliphatic rings. The van der Waals surface area contributed by atoms with E-state index >= 15 is 0 Å². The zero-order valence-corrected chi connectivity index (χ0v) is 10.8. The molecule has 3 heteroatoms. The Morgan fingerprint density at radius 2 is 1.75 bits per heavy atom. The molecule has 0 aliphatic carbocycles. The summed E-state index contributed by atoms with van der Waals surface area (Å²) in [5.74, 6) is 0. The van der Waals surface area contributed by atoms with Gasteiger partial charge in [0.05, 0.1) is 0 Å². The minimum absolute atomic E-state index is 0.314. The van der Waals surface area contributed by atoms with E-state index in [0.29, 0.717) is 4.75 Å². The predicted octanol–water partition coefficient (Wildman–Crippen LogP) is 3.42. The number of rotatable bonds is 3. The molecule has 0 radical (unpaired) electrons.